The molecule has 5 heteroatoms. The maximum atomic E-state index is 11.4. The lowest BCUT2D eigenvalue weighted by Gasteiger charge is -2.19. The van der Waals surface area contributed by atoms with Crippen LogP contribution in [0.15, 0.2) is 18.2 Å². The van der Waals surface area contributed by atoms with E-state index in [0.29, 0.717) is 11.6 Å². The Balaban J connectivity index is 2.24. The van der Waals surface area contributed by atoms with Crippen LogP contribution in [0.5, 0.6) is 0 Å². The molecule has 2 N–H and O–H groups in total. The van der Waals surface area contributed by atoms with Gasteiger partial charge in [0, 0.05) is 11.6 Å². The quantitative estimate of drug-likeness (QED) is 0.788. The van der Waals surface area contributed by atoms with E-state index >= 15 is 0 Å². The van der Waals surface area contributed by atoms with E-state index in [1.807, 2.05) is 32.9 Å². The summed E-state index contributed by atoms with van der Waals surface area (Å²) in [5.74, 6) is 0. The summed E-state index contributed by atoms with van der Waals surface area (Å²) in [5, 5.41) is 12.5. The van der Waals surface area contributed by atoms with Gasteiger partial charge in [0.15, 0.2) is 0 Å². The molecule has 21 heavy (non-hydrogen) atoms. The lowest BCUT2D eigenvalue weighted by molar-refractivity contribution is 0.0527. The molecule has 1 aromatic rings. The highest BCUT2D eigenvalue weighted by molar-refractivity contribution is 6.31. The number of hydrogen-bond donors (Lipinski definition) is 2. The Morgan fingerprint density at radius 1 is 1.33 bits per heavy atom. The van der Waals surface area contributed by atoms with E-state index in [4.69, 9.17) is 21.4 Å². The first-order chi connectivity index (χ1) is 9.81. The summed E-state index contributed by atoms with van der Waals surface area (Å²) in [4.78, 5) is 11.4. The van der Waals surface area contributed by atoms with Gasteiger partial charge in [-0.15, -0.1) is 0 Å². The molecule has 0 aromatic heterocycles. The monoisotopic (exact) mass is 313 g/mol. The number of alkyl carbamates (subject to hydrolysis) is 1. The van der Waals surface area contributed by atoms with Gasteiger partial charge in [0.1, 0.15) is 5.60 Å². The van der Waals surface area contributed by atoms with E-state index in [1.165, 1.54) is 0 Å². The minimum Gasteiger partial charge on any atom is -0.444 e. The van der Waals surface area contributed by atoms with Crippen molar-refractivity contribution in [1.29, 1.82) is 0 Å². The third-order valence-electron chi connectivity index (χ3n) is 2.84. The molecule has 0 saturated heterocycles. The highest BCUT2D eigenvalue weighted by Gasteiger charge is 2.15. The third-order valence-corrected chi connectivity index (χ3v) is 3.21. The maximum Gasteiger partial charge on any atom is 0.407 e. The van der Waals surface area contributed by atoms with Gasteiger partial charge in [0.25, 0.3) is 0 Å². The van der Waals surface area contributed by atoms with Crippen molar-refractivity contribution in [2.75, 3.05) is 6.54 Å². The Hall–Kier alpha value is -1.26. The summed E-state index contributed by atoms with van der Waals surface area (Å²) in [6, 6.07) is 5.69. The van der Waals surface area contributed by atoms with Crippen LogP contribution in [0, 0.1) is 0 Å². The van der Waals surface area contributed by atoms with Crippen molar-refractivity contribution < 1.29 is 14.6 Å². The number of aliphatic hydroxyl groups excluding tert-OH is 1. The third kappa shape index (κ3) is 7.34. The fourth-order valence-corrected chi connectivity index (χ4v) is 2.04. The Kier molecular flexibility index (Phi) is 6.99. The smallest absolute Gasteiger partial charge is 0.407 e. The molecule has 0 saturated carbocycles. The number of amides is 1. The average molecular weight is 314 g/mol. The number of benzene rings is 1. The summed E-state index contributed by atoms with van der Waals surface area (Å²) in [6.07, 6.45) is 2.33. The van der Waals surface area contributed by atoms with Crippen molar-refractivity contribution in [3.05, 3.63) is 34.3 Å². The molecule has 0 atom stereocenters. The first-order valence-corrected chi connectivity index (χ1v) is 7.54. The minimum atomic E-state index is -0.464. The molecule has 118 valence electrons. The van der Waals surface area contributed by atoms with Crippen molar-refractivity contribution in [1.82, 2.24) is 5.32 Å². The number of rotatable bonds is 6. The molecule has 0 aliphatic carbocycles. The Labute approximate surface area is 131 Å². The van der Waals surface area contributed by atoms with Crippen molar-refractivity contribution in [3.63, 3.8) is 0 Å². The predicted molar refractivity (Wildman–Crippen MR) is 84.5 cm³/mol. The summed E-state index contributed by atoms with van der Waals surface area (Å²) in [7, 11) is 0. The van der Waals surface area contributed by atoms with E-state index in [1.54, 1.807) is 6.07 Å². The standard InChI is InChI=1S/C16H24ClNO3/c1-16(2,3)21-15(20)18-9-5-4-6-12-7-8-14(17)13(10-12)11-19/h7-8,10,19H,4-6,9,11H2,1-3H3,(H,18,20). The molecular formula is C16H24ClNO3. The summed E-state index contributed by atoms with van der Waals surface area (Å²) >= 11 is 5.95. The van der Waals surface area contributed by atoms with Gasteiger partial charge in [-0.3, -0.25) is 0 Å². The van der Waals surface area contributed by atoms with E-state index < -0.39 is 5.60 Å². The van der Waals surface area contributed by atoms with E-state index in [0.717, 1.165) is 30.4 Å². The van der Waals surface area contributed by atoms with E-state index in [9.17, 15) is 4.79 Å². The summed E-state index contributed by atoms with van der Waals surface area (Å²) < 4.78 is 5.15. The van der Waals surface area contributed by atoms with Crippen LogP contribution >= 0.6 is 11.6 Å². The Bertz CT molecular complexity index is 469. The highest BCUT2D eigenvalue weighted by Crippen LogP contribution is 2.18. The van der Waals surface area contributed by atoms with Crippen molar-refractivity contribution in [3.8, 4) is 0 Å². The predicted octanol–water partition coefficient (Wildman–Crippen LogP) is 3.68. The second-order valence-electron chi connectivity index (χ2n) is 5.97. The number of aliphatic hydroxyl groups is 1. The van der Waals surface area contributed by atoms with Crippen LogP contribution in [0.1, 0.15) is 44.7 Å². The van der Waals surface area contributed by atoms with Gasteiger partial charge in [-0.25, -0.2) is 4.79 Å². The summed E-state index contributed by atoms with van der Waals surface area (Å²) in [6.45, 7) is 6.06. The molecule has 0 bridgehead atoms. The number of nitrogens with one attached hydrogen (secondary N) is 1. The lowest BCUT2D eigenvalue weighted by Crippen LogP contribution is -2.33. The first-order valence-electron chi connectivity index (χ1n) is 7.17. The van der Waals surface area contributed by atoms with Crippen molar-refractivity contribution in [2.45, 2.75) is 52.2 Å². The van der Waals surface area contributed by atoms with Crippen LogP contribution in [0.2, 0.25) is 5.02 Å². The molecule has 0 unspecified atom stereocenters. The molecule has 1 aromatic carbocycles. The fourth-order valence-electron chi connectivity index (χ4n) is 1.86. The molecule has 0 heterocycles. The van der Waals surface area contributed by atoms with Crippen LogP contribution in [-0.4, -0.2) is 23.3 Å². The molecule has 1 rings (SSSR count). The van der Waals surface area contributed by atoms with E-state index in [2.05, 4.69) is 5.32 Å². The van der Waals surface area contributed by atoms with Crippen LogP contribution in [0.4, 0.5) is 4.79 Å². The van der Waals surface area contributed by atoms with Crippen LogP contribution < -0.4 is 5.32 Å². The lowest BCUT2D eigenvalue weighted by atomic mass is 10.1. The molecular weight excluding hydrogens is 290 g/mol. The molecule has 0 fully saturated rings. The van der Waals surface area contributed by atoms with Gasteiger partial charge in [-0.05, 0) is 57.2 Å². The topological polar surface area (TPSA) is 58.6 Å². The van der Waals surface area contributed by atoms with Crippen LogP contribution in [-0.2, 0) is 17.8 Å². The average Bonchev–Trinajstić information content (AvgIpc) is 2.38. The Morgan fingerprint density at radius 3 is 2.67 bits per heavy atom. The zero-order valence-electron chi connectivity index (χ0n) is 12.9. The number of hydrogen-bond acceptors (Lipinski definition) is 3. The number of halogens is 1. The maximum absolute atomic E-state index is 11.4. The number of ether oxygens (including phenoxy) is 1. The van der Waals surface area contributed by atoms with Gasteiger partial charge in [-0.1, -0.05) is 23.7 Å². The summed E-state index contributed by atoms with van der Waals surface area (Å²) in [5.41, 5.74) is 1.43. The normalized spacial score (nSPS) is 11.3. The zero-order valence-corrected chi connectivity index (χ0v) is 13.7. The van der Waals surface area contributed by atoms with Crippen molar-refractivity contribution >= 4 is 17.7 Å². The molecule has 0 aliphatic rings. The largest absolute Gasteiger partial charge is 0.444 e. The molecule has 0 spiro atoms. The molecule has 0 radical (unpaired) electrons. The number of aryl methyl sites for hydroxylation is 1. The number of carbonyl (C=O) groups is 1. The molecule has 1 amide bonds. The SMILES string of the molecule is CC(C)(C)OC(=O)NCCCCc1ccc(Cl)c(CO)c1. The fraction of sp³-hybridized carbons (Fsp3) is 0.562. The first kappa shape index (κ1) is 17.8. The highest BCUT2D eigenvalue weighted by atomic mass is 35.5. The van der Waals surface area contributed by atoms with Gasteiger partial charge >= 0.3 is 6.09 Å². The van der Waals surface area contributed by atoms with Crippen LogP contribution in [0.3, 0.4) is 0 Å². The number of unbranched alkanes of at least 4 members (excludes halogenated alkanes) is 1. The van der Waals surface area contributed by atoms with Gasteiger partial charge in [0.2, 0.25) is 0 Å². The number of carbonyl (C=O) groups excluding carboxylic acids is 1. The van der Waals surface area contributed by atoms with Gasteiger partial charge < -0.3 is 15.2 Å². The second kappa shape index (κ2) is 8.25. The minimum absolute atomic E-state index is 0.0487. The van der Waals surface area contributed by atoms with Gasteiger partial charge in [0.05, 0.1) is 6.61 Å². The Morgan fingerprint density at radius 2 is 2.05 bits per heavy atom. The second-order valence-corrected chi connectivity index (χ2v) is 6.38. The molecule has 4 nitrogen and oxygen atoms in total. The molecule has 0 aliphatic heterocycles. The van der Waals surface area contributed by atoms with Crippen molar-refractivity contribution in [2.24, 2.45) is 0 Å². The zero-order chi connectivity index (χ0) is 15.9. The van der Waals surface area contributed by atoms with Crippen LogP contribution in [0.25, 0.3) is 0 Å². The van der Waals surface area contributed by atoms with Gasteiger partial charge in [-0.2, -0.15) is 0 Å². The van der Waals surface area contributed by atoms with E-state index in [-0.39, 0.29) is 12.7 Å².